The molecule has 0 spiro atoms. The SMILES string of the molecule is CC(CC(F)F)NC(=O)O. The largest absolute Gasteiger partial charge is 0.465 e. The second-order valence-electron chi connectivity index (χ2n) is 1.98. The third-order valence-electron chi connectivity index (χ3n) is 0.902. The Morgan fingerprint density at radius 3 is 2.50 bits per heavy atom. The van der Waals surface area contributed by atoms with Gasteiger partial charge in [-0.25, -0.2) is 13.6 Å². The maximum atomic E-state index is 11.5. The topological polar surface area (TPSA) is 49.3 Å². The molecule has 0 aromatic rings. The van der Waals surface area contributed by atoms with Crippen molar-refractivity contribution in [3.63, 3.8) is 0 Å². The molecule has 0 aliphatic carbocycles. The summed E-state index contributed by atoms with van der Waals surface area (Å²) in [6, 6.07) is -0.683. The zero-order valence-corrected chi connectivity index (χ0v) is 5.47. The normalized spacial score (nSPS) is 13.2. The highest BCUT2D eigenvalue weighted by Gasteiger charge is 2.11. The molecule has 0 aromatic heterocycles. The minimum Gasteiger partial charge on any atom is -0.465 e. The van der Waals surface area contributed by atoms with Gasteiger partial charge < -0.3 is 10.4 Å². The lowest BCUT2D eigenvalue weighted by atomic mass is 10.2. The average molecular weight is 153 g/mol. The standard InChI is InChI=1S/C5H9F2NO2/c1-3(2-4(6)7)8-5(9)10/h3-4,8H,2H2,1H3,(H,9,10). The van der Waals surface area contributed by atoms with Crippen LogP contribution in [-0.2, 0) is 0 Å². The number of carbonyl (C=O) groups is 1. The average Bonchev–Trinajstić information content (AvgIpc) is 1.58. The van der Waals surface area contributed by atoms with E-state index < -0.39 is 25.0 Å². The Labute approximate surface area is 57.0 Å². The van der Waals surface area contributed by atoms with Crippen LogP contribution in [0.3, 0.4) is 0 Å². The molecule has 0 aliphatic rings. The molecule has 0 heterocycles. The van der Waals surface area contributed by atoms with Crippen molar-refractivity contribution in [1.29, 1.82) is 0 Å². The molecule has 1 unspecified atom stereocenters. The quantitative estimate of drug-likeness (QED) is 0.642. The van der Waals surface area contributed by atoms with Gasteiger partial charge in [-0.05, 0) is 6.92 Å². The first-order valence-electron chi connectivity index (χ1n) is 2.80. The van der Waals surface area contributed by atoms with Gasteiger partial charge in [0.25, 0.3) is 0 Å². The summed E-state index contributed by atoms with van der Waals surface area (Å²) in [4.78, 5) is 9.84. The Hall–Kier alpha value is -0.870. The van der Waals surface area contributed by atoms with Crippen molar-refractivity contribution >= 4 is 6.09 Å². The van der Waals surface area contributed by atoms with Gasteiger partial charge in [-0.1, -0.05) is 0 Å². The van der Waals surface area contributed by atoms with E-state index in [-0.39, 0.29) is 0 Å². The van der Waals surface area contributed by atoms with Crippen molar-refractivity contribution in [1.82, 2.24) is 5.32 Å². The van der Waals surface area contributed by atoms with Crippen molar-refractivity contribution in [2.45, 2.75) is 25.8 Å². The second kappa shape index (κ2) is 4.03. The highest BCUT2D eigenvalue weighted by atomic mass is 19.3. The Kier molecular flexibility index (Phi) is 3.68. The van der Waals surface area contributed by atoms with Crippen molar-refractivity contribution < 1.29 is 18.7 Å². The first-order valence-corrected chi connectivity index (χ1v) is 2.80. The smallest absolute Gasteiger partial charge is 0.404 e. The number of nitrogens with one attached hydrogen (secondary N) is 1. The summed E-state index contributed by atoms with van der Waals surface area (Å²) >= 11 is 0. The summed E-state index contributed by atoms with van der Waals surface area (Å²) < 4.78 is 23.0. The molecule has 0 radical (unpaired) electrons. The molecule has 0 fully saturated rings. The Bertz CT molecular complexity index is 118. The summed E-state index contributed by atoms with van der Waals surface area (Å²) in [6.07, 6.45) is -4.17. The molecule has 0 aliphatic heterocycles. The predicted molar refractivity (Wildman–Crippen MR) is 31.2 cm³/mol. The van der Waals surface area contributed by atoms with Gasteiger partial charge in [-0.15, -0.1) is 0 Å². The van der Waals surface area contributed by atoms with Crippen molar-refractivity contribution in [2.24, 2.45) is 0 Å². The minimum atomic E-state index is -2.46. The summed E-state index contributed by atoms with van der Waals surface area (Å²) in [5.74, 6) is 0. The number of hydrogen-bond acceptors (Lipinski definition) is 1. The highest BCUT2D eigenvalue weighted by molar-refractivity contribution is 5.64. The zero-order valence-electron chi connectivity index (χ0n) is 5.47. The van der Waals surface area contributed by atoms with Crippen LogP contribution >= 0.6 is 0 Å². The number of amides is 1. The van der Waals surface area contributed by atoms with Crippen LogP contribution in [0.1, 0.15) is 13.3 Å². The van der Waals surface area contributed by atoms with E-state index in [9.17, 15) is 13.6 Å². The molecular formula is C5H9F2NO2. The van der Waals surface area contributed by atoms with Crippen LogP contribution in [0.4, 0.5) is 13.6 Å². The fourth-order valence-corrected chi connectivity index (χ4v) is 0.537. The molecule has 0 rings (SSSR count). The number of rotatable bonds is 3. The first kappa shape index (κ1) is 9.13. The van der Waals surface area contributed by atoms with Gasteiger partial charge >= 0.3 is 6.09 Å². The van der Waals surface area contributed by atoms with E-state index in [0.717, 1.165) is 0 Å². The summed E-state index contributed by atoms with van der Waals surface area (Å²) in [5.41, 5.74) is 0. The lowest BCUT2D eigenvalue weighted by Crippen LogP contribution is -2.32. The van der Waals surface area contributed by atoms with Gasteiger partial charge in [0.1, 0.15) is 0 Å². The number of alkyl halides is 2. The van der Waals surface area contributed by atoms with E-state index >= 15 is 0 Å². The van der Waals surface area contributed by atoms with E-state index in [1.165, 1.54) is 6.92 Å². The molecule has 3 nitrogen and oxygen atoms in total. The van der Waals surface area contributed by atoms with Crippen LogP contribution in [0.5, 0.6) is 0 Å². The highest BCUT2D eigenvalue weighted by Crippen LogP contribution is 2.02. The molecule has 0 saturated carbocycles. The van der Waals surface area contributed by atoms with Crippen LogP contribution in [0.25, 0.3) is 0 Å². The molecule has 0 saturated heterocycles. The lowest BCUT2D eigenvalue weighted by molar-refractivity contribution is 0.123. The predicted octanol–water partition coefficient (Wildman–Crippen LogP) is 1.30. The summed E-state index contributed by atoms with van der Waals surface area (Å²) in [5, 5.41) is 9.95. The Morgan fingerprint density at radius 2 is 2.20 bits per heavy atom. The maximum Gasteiger partial charge on any atom is 0.404 e. The zero-order chi connectivity index (χ0) is 8.15. The molecule has 2 N–H and O–H groups in total. The van der Waals surface area contributed by atoms with E-state index in [4.69, 9.17) is 5.11 Å². The first-order chi connectivity index (χ1) is 4.52. The molecule has 5 heteroatoms. The molecular weight excluding hydrogens is 144 g/mol. The third-order valence-corrected chi connectivity index (χ3v) is 0.902. The molecule has 10 heavy (non-hydrogen) atoms. The summed E-state index contributed by atoms with van der Waals surface area (Å²) in [6.45, 7) is 1.39. The van der Waals surface area contributed by atoms with Gasteiger partial charge in [-0.3, -0.25) is 0 Å². The van der Waals surface area contributed by atoms with E-state index in [2.05, 4.69) is 0 Å². The van der Waals surface area contributed by atoms with Gasteiger partial charge in [0.05, 0.1) is 0 Å². The van der Waals surface area contributed by atoms with Crippen molar-refractivity contribution in [3.8, 4) is 0 Å². The van der Waals surface area contributed by atoms with Gasteiger partial charge in [0.15, 0.2) is 0 Å². The minimum absolute atomic E-state index is 0.438. The van der Waals surface area contributed by atoms with E-state index in [0.29, 0.717) is 0 Å². The fourth-order valence-electron chi connectivity index (χ4n) is 0.537. The fraction of sp³-hybridized carbons (Fsp3) is 0.800. The second-order valence-corrected chi connectivity index (χ2v) is 1.98. The van der Waals surface area contributed by atoms with Gasteiger partial charge in [-0.2, -0.15) is 0 Å². The molecule has 1 amide bonds. The van der Waals surface area contributed by atoms with E-state index in [1.54, 1.807) is 0 Å². The molecule has 1 atom stereocenters. The Balaban J connectivity index is 3.43. The number of halogens is 2. The number of carboxylic acid groups (broad SMARTS) is 1. The lowest BCUT2D eigenvalue weighted by Gasteiger charge is -2.08. The van der Waals surface area contributed by atoms with Crippen molar-refractivity contribution in [3.05, 3.63) is 0 Å². The van der Waals surface area contributed by atoms with Crippen LogP contribution in [0.2, 0.25) is 0 Å². The Morgan fingerprint density at radius 1 is 1.70 bits per heavy atom. The third kappa shape index (κ3) is 5.27. The van der Waals surface area contributed by atoms with Crippen LogP contribution < -0.4 is 5.32 Å². The van der Waals surface area contributed by atoms with E-state index in [1.807, 2.05) is 5.32 Å². The van der Waals surface area contributed by atoms with Gasteiger partial charge in [0, 0.05) is 12.5 Å². The van der Waals surface area contributed by atoms with Gasteiger partial charge in [0.2, 0.25) is 6.43 Å². The van der Waals surface area contributed by atoms with Crippen LogP contribution in [0, 0.1) is 0 Å². The molecule has 0 bridgehead atoms. The monoisotopic (exact) mass is 153 g/mol. The maximum absolute atomic E-state index is 11.5. The van der Waals surface area contributed by atoms with Crippen molar-refractivity contribution in [2.75, 3.05) is 0 Å². The van der Waals surface area contributed by atoms with Crippen LogP contribution in [0.15, 0.2) is 0 Å². The molecule has 60 valence electrons. The number of hydrogen-bond donors (Lipinski definition) is 2. The molecule has 0 aromatic carbocycles. The summed E-state index contributed by atoms with van der Waals surface area (Å²) in [7, 11) is 0. The van der Waals surface area contributed by atoms with Crippen LogP contribution in [-0.4, -0.2) is 23.7 Å².